The summed E-state index contributed by atoms with van der Waals surface area (Å²) in [5, 5.41) is 11.5. The van der Waals surface area contributed by atoms with Gasteiger partial charge in [0.05, 0.1) is 12.2 Å². The molecule has 5 amide bonds. The van der Waals surface area contributed by atoms with Crippen LogP contribution in [0.5, 0.6) is 0 Å². The van der Waals surface area contributed by atoms with Gasteiger partial charge in [0.15, 0.2) is 0 Å². The second kappa shape index (κ2) is 15.8. The summed E-state index contributed by atoms with van der Waals surface area (Å²) in [5.74, 6) is -3.20. The Hall–Kier alpha value is -3.90. The summed E-state index contributed by atoms with van der Waals surface area (Å²) < 4.78 is 0. The number of amides is 5. The highest BCUT2D eigenvalue weighted by molar-refractivity contribution is 6.38. The Balaban J connectivity index is 1.36. The molecule has 49 heavy (non-hydrogen) atoms. The number of hydrogen-bond acceptors (Lipinski definition) is 8. The van der Waals surface area contributed by atoms with Crippen molar-refractivity contribution in [3.05, 3.63) is 24.3 Å². The first-order chi connectivity index (χ1) is 23.4. The second-order valence-corrected chi connectivity index (χ2v) is 15.5. The fourth-order valence-electron chi connectivity index (χ4n) is 7.87. The molecule has 1 aromatic rings. The minimum Gasteiger partial charge on any atom is -0.347 e. The van der Waals surface area contributed by atoms with Gasteiger partial charge in [-0.1, -0.05) is 59.8 Å². The van der Waals surface area contributed by atoms with Crippen molar-refractivity contribution in [3.63, 3.8) is 0 Å². The van der Waals surface area contributed by atoms with Crippen LogP contribution >= 0.6 is 0 Å². The zero-order valence-corrected chi connectivity index (χ0v) is 29.3. The number of aromatic nitrogens is 2. The molecular weight excluding hydrogens is 626 g/mol. The third-order valence-corrected chi connectivity index (χ3v) is 10.7. The van der Waals surface area contributed by atoms with E-state index >= 15 is 0 Å². The molecule has 1 saturated heterocycles. The SMILES string of the molecule is CCCC(NC(=O)C1[C@@H]2CCC[C@@H]2CN1C(=O)C(NC(=O)C(NC(=O)c1cnccn1)C1CCCCC1)C(C)(C)C)C(=O)C(=O)NC1CC1. The Morgan fingerprint density at radius 3 is 2.27 bits per heavy atom. The molecule has 3 saturated carbocycles. The number of carbonyl (C=O) groups is 6. The molecule has 6 atom stereocenters. The average Bonchev–Trinajstić information content (AvgIpc) is 3.65. The standard InChI is InChI=1S/C36H53N7O6/c1-5-10-25(29(44)34(48)39-23-15-16-23)40-33(47)28-24-14-9-13-22(24)20-43(28)35(49)30(36(2,3)4)42-32(46)27(21-11-7-6-8-12-21)41-31(45)26-19-37-17-18-38-26/h17-19,21-25,27-28,30H,5-16,20H2,1-4H3,(H,39,48)(H,40,47)(H,41,45)(H,42,46)/t22-,24-,25?,27?,28?,30?/m1/s1. The Labute approximate surface area is 288 Å². The van der Waals surface area contributed by atoms with Gasteiger partial charge in [-0.2, -0.15) is 0 Å². The van der Waals surface area contributed by atoms with Gasteiger partial charge in [-0.3, -0.25) is 33.8 Å². The van der Waals surface area contributed by atoms with Gasteiger partial charge in [0.25, 0.3) is 11.8 Å². The maximum absolute atomic E-state index is 14.6. The molecule has 4 aliphatic rings. The molecule has 13 heteroatoms. The molecule has 0 bridgehead atoms. The maximum atomic E-state index is 14.6. The lowest BCUT2D eigenvalue weighted by atomic mass is 9.82. The monoisotopic (exact) mass is 679 g/mol. The topological polar surface area (TPSA) is 180 Å². The van der Waals surface area contributed by atoms with E-state index in [1.54, 1.807) is 4.90 Å². The summed E-state index contributed by atoms with van der Waals surface area (Å²) in [5.41, 5.74) is -0.638. The van der Waals surface area contributed by atoms with Gasteiger partial charge in [0, 0.05) is 25.0 Å². The van der Waals surface area contributed by atoms with Crippen molar-refractivity contribution in [3.8, 4) is 0 Å². The normalized spacial score (nSPS) is 24.2. The first-order valence-electron chi connectivity index (χ1n) is 18.2. The fraction of sp³-hybridized carbons (Fsp3) is 0.722. The predicted molar refractivity (Wildman–Crippen MR) is 181 cm³/mol. The zero-order valence-electron chi connectivity index (χ0n) is 29.3. The van der Waals surface area contributed by atoms with Crippen LogP contribution in [0.2, 0.25) is 0 Å². The van der Waals surface area contributed by atoms with Crippen LogP contribution in [0.3, 0.4) is 0 Å². The highest BCUT2D eigenvalue weighted by atomic mass is 16.2. The Morgan fingerprint density at radius 2 is 1.63 bits per heavy atom. The minimum atomic E-state index is -0.994. The third-order valence-electron chi connectivity index (χ3n) is 10.7. The first-order valence-corrected chi connectivity index (χ1v) is 18.2. The van der Waals surface area contributed by atoms with Gasteiger partial charge in [-0.05, 0) is 68.1 Å². The Kier molecular flexibility index (Phi) is 11.7. The number of Topliss-reactive ketones (excluding diaryl/α,β-unsaturated/α-hetero) is 1. The number of fused-ring (bicyclic) bond motifs is 1. The van der Waals surface area contributed by atoms with Crippen molar-refractivity contribution in [1.29, 1.82) is 0 Å². The van der Waals surface area contributed by atoms with Crippen molar-refractivity contribution < 1.29 is 28.8 Å². The molecule has 0 radical (unpaired) electrons. The summed E-state index contributed by atoms with van der Waals surface area (Å²) >= 11 is 0. The van der Waals surface area contributed by atoms with E-state index in [0.29, 0.717) is 19.4 Å². The van der Waals surface area contributed by atoms with Crippen LogP contribution in [0.25, 0.3) is 0 Å². The molecule has 1 aliphatic heterocycles. The summed E-state index contributed by atoms with van der Waals surface area (Å²) in [6.45, 7) is 7.85. The summed E-state index contributed by atoms with van der Waals surface area (Å²) in [7, 11) is 0. The number of ketones is 1. The van der Waals surface area contributed by atoms with Gasteiger partial charge < -0.3 is 26.2 Å². The number of nitrogens with one attached hydrogen (secondary N) is 4. The van der Waals surface area contributed by atoms with Crippen LogP contribution in [-0.4, -0.2) is 86.9 Å². The van der Waals surface area contributed by atoms with Crippen LogP contribution in [0, 0.1) is 23.2 Å². The lowest BCUT2D eigenvalue weighted by Crippen LogP contribution is -2.62. The third kappa shape index (κ3) is 8.83. The molecule has 1 aromatic heterocycles. The maximum Gasteiger partial charge on any atom is 0.289 e. The molecule has 4 N–H and O–H groups in total. The minimum absolute atomic E-state index is 0.0132. The lowest BCUT2D eigenvalue weighted by Gasteiger charge is -2.38. The van der Waals surface area contributed by atoms with E-state index < -0.39 is 59.0 Å². The number of hydrogen-bond donors (Lipinski definition) is 4. The zero-order chi connectivity index (χ0) is 35.3. The van der Waals surface area contributed by atoms with Crippen LogP contribution in [-0.2, 0) is 24.0 Å². The fourth-order valence-corrected chi connectivity index (χ4v) is 7.87. The quantitative estimate of drug-likeness (QED) is 0.230. The summed E-state index contributed by atoms with van der Waals surface area (Å²) in [6.07, 6.45) is 13.9. The molecule has 4 fully saturated rings. The van der Waals surface area contributed by atoms with E-state index in [0.717, 1.165) is 64.2 Å². The van der Waals surface area contributed by atoms with Crippen LogP contribution in [0.1, 0.15) is 115 Å². The number of rotatable bonds is 13. The second-order valence-electron chi connectivity index (χ2n) is 15.5. The lowest BCUT2D eigenvalue weighted by molar-refractivity contribution is -0.146. The van der Waals surface area contributed by atoms with E-state index in [2.05, 4.69) is 31.2 Å². The van der Waals surface area contributed by atoms with Crippen molar-refractivity contribution in [2.24, 2.45) is 23.2 Å². The van der Waals surface area contributed by atoms with Crippen molar-refractivity contribution in [1.82, 2.24) is 36.1 Å². The number of likely N-dealkylation sites (tertiary alicyclic amines) is 1. The van der Waals surface area contributed by atoms with E-state index in [4.69, 9.17) is 0 Å². The molecule has 5 rings (SSSR count). The Morgan fingerprint density at radius 1 is 0.898 bits per heavy atom. The molecular formula is C36H53N7O6. The molecule has 4 unspecified atom stereocenters. The van der Waals surface area contributed by atoms with Gasteiger partial charge in [-0.25, -0.2) is 4.98 Å². The predicted octanol–water partition coefficient (Wildman–Crippen LogP) is 2.45. The van der Waals surface area contributed by atoms with Crippen LogP contribution in [0.4, 0.5) is 0 Å². The molecule has 13 nitrogen and oxygen atoms in total. The molecule has 0 spiro atoms. The van der Waals surface area contributed by atoms with Crippen LogP contribution < -0.4 is 21.3 Å². The van der Waals surface area contributed by atoms with Gasteiger partial charge in [0.1, 0.15) is 23.8 Å². The number of nitrogens with zero attached hydrogens (tertiary/aromatic N) is 3. The van der Waals surface area contributed by atoms with Gasteiger partial charge in [0.2, 0.25) is 23.5 Å². The van der Waals surface area contributed by atoms with Crippen molar-refractivity contribution in [2.75, 3.05) is 6.54 Å². The van der Waals surface area contributed by atoms with Gasteiger partial charge >= 0.3 is 0 Å². The summed E-state index contributed by atoms with van der Waals surface area (Å²) in [4.78, 5) is 91.4. The van der Waals surface area contributed by atoms with Gasteiger partial charge in [-0.15, -0.1) is 0 Å². The average molecular weight is 680 g/mol. The molecule has 268 valence electrons. The van der Waals surface area contributed by atoms with Crippen molar-refractivity contribution in [2.45, 2.75) is 135 Å². The number of carbonyl (C=O) groups excluding carboxylic acids is 6. The largest absolute Gasteiger partial charge is 0.347 e. The highest BCUT2D eigenvalue weighted by Gasteiger charge is 2.52. The first kappa shape index (κ1) is 36.4. The summed E-state index contributed by atoms with van der Waals surface area (Å²) in [6, 6.07) is -3.68. The highest BCUT2D eigenvalue weighted by Crippen LogP contribution is 2.43. The van der Waals surface area contributed by atoms with E-state index in [1.165, 1.54) is 18.6 Å². The smallest absolute Gasteiger partial charge is 0.289 e. The van der Waals surface area contributed by atoms with E-state index in [1.807, 2.05) is 27.7 Å². The molecule has 0 aromatic carbocycles. The Bertz CT molecular complexity index is 1390. The molecule has 2 heterocycles. The van der Waals surface area contributed by atoms with Crippen LogP contribution in [0.15, 0.2) is 18.6 Å². The van der Waals surface area contributed by atoms with E-state index in [-0.39, 0.29) is 35.4 Å². The van der Waals surface area contributed by atoms with E-state index in [9.17, 15) is 28.8 Å². The molecule has 3 aliphatic carbocycles. The van der Waals surface area contributed by atoms with Crippen molar-refractivity contribution >= 4 is 35.3 Å².